The van der Waals surface area contributed by atoms with Crippen LogP contribution in [-0.4, -0.2) is 77.1 Å². The number of halogens is 9. The molecule has 39 heavy (non-hydrogen) atoms. The summed E-state index contributed by atoms with van der Waals surface area (Å²) in [5, 5.41) is 11.4. The number of amides is 1. The summed E-state index contributed by atoms with van der Waals surface area (Å²) in [5.41, 5.74) is -1.19. The first kappa shape index (κ1) is 30.6. The fraction of sp³-hybridized carbons (Fsp3) is 0.652. The molecule has 2 N–H and O–H groups in total. The highest BCUT2D eigenvalue weighted by atomic mass is 19.4. The van der Waals surface area contributed by atoms with E-state index in [4.69, 9.17) is 5.11 Å². The number of rotatable bonds is 7. The smallest absolute Gasteiger partial charge is 0.434 e. The summed E-state index contributed by atoms with van der Waals surface area (Å²) in [7, 11) is 0. The average molecular weight is 579 g/mol. The lowest BCUT2D eigenvalue weighted by Crippen LogP contribution is -2.54. The number of ether oxygens (including phenoxy) is 1. The van der Waals surface area contributed by atoms with E-state index in [2.05, 4.69) is 10.1 Å². The maximum absolute atomic E-state index is 13.5. The lowest BCUT2D eigenvalue weighted by molar-refractivity contribution is -0.308. The number of carboxylic acid groups (broad SMARTS) is 1. The fourth-order valence-electron chi connectivity index (χ4n) is 4.99. The Bertz CT molecular complexity index is 1020. The SMILES string of the molecule is O=C(O)CCNc1cc(CN2CCCC23CCN(C(=O)OC(C(F)(F)F)C(F)(F)F)CC3)cc(C(F)(F)F)c1. The molecular formula is C23H26F9N3O4. The summed E-state index contributed by atoms with van der Waals surface area (Å²) in [6, 6.07) is 3.30. The molecule has 2 fully saturated rings. The van der Waals surface area contributed by atoms with Crippen molar-refractivity contribution < 1.29 is 58.9 Å². The maximum atomic E-state index is 13.5. The van der Waals surface area contributed by atoms with E-state index < -0.39 is 47.8 Å². The number of nitrogens with zero attached hydrogens (tertiary/aromatic N) is 2. The number of hydrogen-bond acceptors (Lipinski definition) is 5. The predicted octanol–water partition coefficient (Wildman–Crippen LogP) is 5.65. The Labute approximate surface area is 216 Å². The minimum atomic E-state index is -5.83. The van der Waals surface area contributed by atoms with E-state index in [1.54, 1.807) is 0 Å². The molecule has 2 saturated heterocycles. The quantitative estimate of drug-likeness (QED) is 0.407. The van der Waals surface area contributed by atoms with Gasteiger partial charge in [-0.05, 0) is 56.0 Å². The molecule has 220 valence electrons. The van der Waals surface area contributed by atoms with Gasteiger partial charge in [-0.3, -0.25) is 9.69 Å². The molecule has 2 aliphatic heterocycles. The molecule has 0 aliphatic carbocycles. The summed E-state index contributed by atoms with van der Waals surface area (Å²) in [6.45, 7) is 0.0583. The molecule has 0 radical (unpaired) electrons. The molecule has 1 aromatic rings. The lowest BCUT2D eigenvalue weighted by Gasteiger charge is -2.45. The fourth-order valence-corrected chi connectivity index (χ4v) is 4.99. The van der Waals surface area contributed by atoms with Crippen LogP contribution in [0, 0.1) is 0 Å². The molecule has 1 amide bonds. The number of carbonyl (C=O) groups excluding carboxylic acids is 1. The van der Waals surface area contributed by atoms with Gasteiger partial charge in [-0.15, -0.1) is 0 Å². The number of benzene rings is 1. The number of carbonyl (C=O) groups is 2. The highest BCUT2D eigenvalue weighted by molar-refractivity contribution is 5.68. The van der Waals surface area contributed by atoms with E-state index in [9.17, 15) is 49.1 Å². The molecule has 3 rings (SSSR count). The summed E-state index contributed by atoms with van der Waals surface area (Å²) in [6.07, 6.45) is -21.1. The zero-order valence-corrected chi connectivity index (χ0v) is 20.3. The number of piperidine rings is 1. The van der Waals surface area contributed by atoms with E-state index in [1.807, 2.05) is 4.90 Å². The standard InChI is InChI=1S/C23H26F9N3O4/c24-21(25,26)15-10-14(11-16(12-15)33-6-2-17(36)37)13-35-7-1-3-20(35)4-8-34(9-5-20)19(38)39-18(22(27,28)29)23(30,31)32/h10-12,18,33H,1-9,13H2,(H,36,37). The van der Waals surface area contributed by atoms with Gasteiger partial charge in [0.2, 0.25) is 0 Å². The second-order valence-corrected chi connectivity index (χ2v) is 9.57. The molecule has 0 aromatic heterocycles. The average Bonchev–Trinajstić information content (AvgIpc) is 3.16. The minimum Gasteiger partial charge on any atom is -0.481 e. The van der Waals surface area contributed by atoms with Gasteiger partial charge in [0.05, 0.1) is 12.0 Å². The van der Waals surface area contributed by atoms with Crippen molar-refractivity contribution in [3.63, 3.8) is 0 Å². The van der Waals surface area contributed by atoms with Crippen LogP contribution in [0.2, 0.25) is 0 Å². The van der Waals surface area contributed by atoms with Crippen molar-refractivity contribution >= 4 is 17.7 Å². The van der Waals surface area contributed by atoms with Crippen molar-refractivity contribution in [2.75, 3.05) is 31.5 Å². The van der Waals surface area contributed by atoms with Gasteiger partial charge < -0.3 is 20.1 Å². The number of anilines is 1. The van der Waals surface area contributed by atoms with Gasteiger partial charge >= 0.3 is 30.6 Å². The molecule has 0 saturated carbocycles. The largest absolute Gasteiger partial charge is 0.481 e. The Morgan fingerprint density at radius 3 is 2.10 bits per heavy atom. The molecule has 2 aliphatic rings. The van der Waals surface area contributed by atoms with E-state index in [0.717, 1.165) is 17.0 Å². The molecule has 16 heteroatoms. The number of nitrogens with one attached hydrogen (secondary N) is 1. The van der Waals surface area contributed by atoms with Crippen LogP contribution in [0.1, 0.15) is 43.2 Å². The highest BCUT2D eigenvalue weighted by Gasteiger charge is 2.60. The topological polar surface area (TPSA) is 82.1 Å². The number of aliphatic carboxylic acids is 1. The van der Waals surface area contributed by atoms with E-state index >= 15 is 0 Å². The van der Waals surface area contributed by atoms with Gasteiger partial charge in [0.15, 0.2) is 0 Å². The summed E-state index contributed by atoms with van der Waals surface area (Å²) in [5.74, 6) is -1.13. The zero-order chi connectivity index (χ0) is 29.2. The van der Waals surface area contributed by atoms with Crippen LogP contribution in [0.5, 0.6) is 0 Å². The number of alkyl halides is 9. The van der Waals surface area contributed by atoms with Crippen molar-refractivity contribution in [2.45, 2.75) is 68.8 Å². The first-order valence-corrected chi connectivity index (χ1v) is 11.9. The number of likely N-dealkylation sites (tertiary alicyclic amines) is 2. The Kier molecular flexibility index (Phi) is 8.87. The number of carboxylic acids is 1. The Morgan fingerprint density at radius 2 is 1.56 bits per heavy atom. The number of hydrogen-bond donors (Lipinski definition) is 2. The molecular weight excluding hydrogens is 553 g/mol. The van der Waals surface area contributed by atoms with E-state index in [-0.39, 0.29) is 56.7 Å². The van der Waals surface area contributed by atoms with Crippen LogP contribution in [0.15, 0.2) is 18.2 Å². The van der Waals surface area contributed by atoms with Gasteiger partial charge in [-0.1, -0.05) is 0 Å². The Hall–Kier alpha value is -2.91. The van der Waals surface area contributed by atoms with Crippen molar-refractivity contribution in [1.29, 1.82) is 0 Å². The molecule has 1 aromatic carbocycles. The predicted molar refractivity (Wildman–Crippen MR) is 118 cm³/mol. The first-order valence-electron chi connectivity index (χ1n) is 11.9. The molecule has 0 unspecified atom stereocenters. The van der Waals surface area contributed by atoms with Crippen LogP contribution >= 0.6 is 0 Å². The van der Waals surface area contributed by atoms with Crippen LogP contribution < -0.4 is 5.32 Å². The second-order valence-electron chi connectivity index (χ2n) is 9.57. The minimum absolute atomic E-state index is 0.0617. The van der Waals surface area contributed by atoms with Gasteiger partial charge in [0.1, 0.15) is 0 Å². The summed E-state index contributed by atoms with van der Waals surface area (Å²) >= 11 is 0. The molecule has 1 spiro atoms. The van der Waals surface area contributed by atoms with Crippen LogP contribution in [0.4, 0.5) is 50.0 Å². The molecule has 0 bridgehead atoms. The van der Waals surface area contributed by atoms with Crippen molar-refractivity contribution in [2.24, 2.45) is 0 Å². The van der Waals surface area contributed by atoms with Gasteiger partial charge in [0.25, 0.3) is 6.10 Å². The van der Waals surface area contributed by atoms with Crippen LogP contribution in [0.3, 0.4) is 0 Å². The third-order valence-corrected chi connectivity index (χ3v) is 6.87. The van der Waals surface area contributed by atoms with Gasteiger partial charge in [0, 0.05) is 37.4 Å². The van der Waals surface area contributed by atoms with Crippen LogP contribution in [0.25, 0.3) is 0 Å². The normalized spacial score (nSPS) is 18.6. The second kappa shape index (κ2) is 11.3. The van der Waals surface area contributed by atoms with Crippen molar-refractivity contribution in [3.8, 4) is 0 Å². The maximum Gasteiger partial charge on any atom is 0.434 e. The molecule has 7 nitrogen and oxygen atoms in total. The summed E-state index contributed by atoms with van der Waals surface area (Å²) < 4.78 is 121. The molecule has 0 atom stereocenters. The highest BCUT2D eigenvalue weighted by Crippen LogP contribution is 2.41. The first-order chi connectivity index (χ1) is 17.9. The Balaban J connectivity index is 1.70. The summed E-state index contributed by atoms with van der Waals surface area (Å²) in [4.78, 5) is 25.5. The van der Waals surface area contributed by atoms with Crippen molar-refractivity contribution in [1.82, 2.24) is 9.80 Å². The van der Waals surface area contributed by atoms with Gasteiger partial charge in [-0.25, -0.2) is 4.79 Å². The zero-order valence-electron chi connectivity index (χ0n) is 20.3. The third kappa shape index (κ3) is 7.82. The van der Waals surface area contributed by atoms with Crippen molar-refractivity contribution in [3.05, 3.63) is 29.3 Å². The van der Waals surface area contributed by atoms with E-state index in [1.165, 1.54) is 6.07 Å². The Morgan fingerprint density at radius 1 is 0.949 bits per heavy atom. The third-order valence-electron chi connectivity index (χ3n) is 6.87. The lowest BCUT2D eigenvalue weighted by atomic mass is 9.85. The molecule has 2 heterocycles. The van der Waals surface area contributed by atoms with E-state index in [0.29, 0.717) is 19.4 Å². The van der Waals surface area contributed by atoms with Gasteiger partial charge in [-0.2, -0.15) is 39.5 Å². The van der Waals surface area contributed by atoms with Crippen LogP contribution in [-0.2, 0) is 22.3 Å². The monoisotopic (exact) mass is 579 g/mol.